The summed E-state index contributed by atoms with van der Waals surface area (Å²) in [6, 6.07) is 28.1. The molecule has 0 bridgehead atoms. The van der Waals surface area contributed by atoms with Crippen LogP contribution in [0.1, 0.15) is 0 Å². The highest BCUT2D eigenvalue weighted by Crippen LogP contribution is 2.40. The summed E-state index contributed by atoms with van der Waals surface area (Å²) >= 11 is 0. The summed E-state index contributed by atoms with van der Waals surface area (Å²) in [5, 5.41) is 0. The number of hydrogen-bond donors (Lipinski definition) is 0. The molecule has 0 radical (unpaired) electrons. The fraction of sp³-hybridized carbons (Fsp3) is 0. The maximum absolute atomic E-state index is 16.0. The minimum absolute atomic E-state index is 0.0202. The van der Waals surface area contributed by atoms with Crippen LogP contribution in [0.3, 0.4) is 0 Å². The van der Waals surface area contributed by atoms with E-state index in [1.807, 2.05) is 0 Å². The SMILES string of the molecule is Fc1ccccc1-c1cccc(-c2cccc(-c3cccc(-c4cccc(-c5ccccc5F)c4F)c3F)c2F)c1F. The Balaban J connectivity index is 1.47. The molecule has 6 heteroatoms. The zero-order valence-electron chi connectivity index (χ0n) is 21.8. The number of hydrogen-bond acceptors (Lipinski definition) is 0. The summed E-state index contributed by atoms with van der Waals surface area (Å²) in [5.74, 6) is -4.74. The van der Waals surface area contributed by atoms with Crippen LogP contribution >= 0.6 is 0 Å². The average molecular weight is 567 g/mol. The molecule has 6 aromatic carbocycles. The van der Waals surface area contributed by atoms with Gasteiger partial charge in [-0.25, -0.2) is 26.3 Å². The standard InChI is InChI=1S/C36H20F6/c37-31-19-3-1-9-21(31)23-11-5-13-25(33(23)39)27-15-7-17-29(35(27)41)30-18-8-16-28(36(30)42)26-14-6-12-24(34(26)40)22-10-2-4-20-32(22)38/h1-20H. The maximum Gasteiger partial charge on any atom is 0.139 e. The first kappa shape index (κ1) is 27.1. The van der Waals surface area contributed by atoms with Crippen LogP contribution in [-0.2, 0) is 0 Å². The van der Waals surface area contributed by atoms with Crippen molar-refractivity contribution in [3.63, 3.8) is 0 Å². The zero-order valence-corrected chi connectivity index (χ0v) is 21.8. The molecule has 0 unspecified atom stereocenters. The van der Waals surface area contributed by atoms with Gasteiger partial charge in [0.25, 0.3) is 0 Å². The maximum atomic E-state index is 16.0. The van der Waals surface area contributed by atoms with Crippen LogP contribution in [0.25, 0.3) is 55.6 Å². The largest absolute Gasteiger partial charge is 0.206 e. The van der Waals surface area contributed by atoms with Crippen LogP contribution in [0.5, 0.6) is 0 Å². The van der Waals surface area contributed by atoms with E-state index in [9.17, 15) is 8.78 Å². The van der Waals surface area contributed by atoms with Crippen molar-refractivity contribution in [3.05, 3.63) is 156 Å². The Kier molecular flexibility index (Phi) is 7.13. The summed E-state index contributed by atoms with van der Waals surface area (Å²) in [7, 11) is 0. The van der Waals surface area contributed by atoms with Gasteiger partial charge in [-0.3, -0.25) is 0 Å². The van der Waals surface area contributed by atoms with Gasteiger partial charge < -0.3 is 0 Å². The Bertz CT molecular complexity index is 1820. The molecule has 6 aromatic rings. The van der Waals surface area contributed by atoms with Gasteiger partial charge in [0.05, 0.1) is 0 Å². The lowest BCUT2D eigenvalue weighted by molar-refractivity contribution is 0.607. The summed E-state index contributed by atoms with van der Waals surface area (Å²) < 4.78 is 92.3. The first-order chi connectivity index (χ1) is 20.4. The van der Waals surface area contributed by atoms with Crippen LogP contribution in [0.2, 0.25) is 0 Å². The smallest absolute Gasteiger partial charge is 0.139 e. The Morgan fingerprint density at radius 3 is 0.643 bits per heavy atom. The molecule has 6 rings (SSSR count). The molecular weight excluding hydrogens is 546 g/mol. The fourth-order valence-electron chi connectivity index (χ4n) is 5.15. The molecule has 0 spiro atoms. The minimum Gasteiger partial charge on any atom is -0.206 e. The van der Waals surface area contributed by atoms with Crippen molar-refractivity contribution in [2.45, 2.75) is 0 Å². The first-order valence-corrected chi connectivity index (χ1v) is 13.0. The number of benzene rings is 6. The topological polar surface area (TPSA) is 0 Å². The molecule has 0 aliphatic heterocycles. The third-order valence-electron chi connectivity index (χ3n) is 7.19. The second-order valence-electron chi connectivity index (χ2n) is 9.63. The molecule has 0 aromatic heterocycles. The third-order valence-corrected chi connectivity index (χ3v) is 7.19. The van der Waals surface area contributed by atoms with E-state index in [1.54, 1.807) is 12.1 Å². The third kappa shape index (κ3) is 4.65. The van der Waals surface area contributed by atoms with Crippen molar-refractivity contribution >= 4 is 0 Å². The van der Waals surface area contributed by atoms with E-state index >= 15 is 17.6 Å². The molecule has 0 heterocycles. The van der Waals surface area contributed by atoms with Gasteiger partial charge in [0.2, 0.25) is 0 Å². The molecular formula is C36H20F6. The van der Waals surface area contributed by atoms with Crippen molar-refractivity contribution in [2.75, 3.05) is 0 Å². The minimum atomic E-state index is -0.904. The van der Waals surface area contributed by atoms with Gasteiger partial charge in [-0.1, -0.05) is 109 Å². The molecule has 0 atom stereocenters. The monoisotopic (exact) mass is 566 g/mol. The van der Waals surface area contributed by atoms with Gasteiger partial charge in [0.1, 0.15) is 34.9 Å². The predicted molar refractivity (Wildman–Crippen MR) is 153 cm³/mol. The van der Waals surface area contributed by atoms with Gasteiger partial charge in [0.15, 0.2) is 0 Å². The van der Waals surface area contributed by atoms with Crippen LogP contribution < -0.4 is 0 Å². The second kappa shape index (κ2) is 11.1. The van der Waals surface area contributed by atoms with Crippen molar-refractivity contribution in [1.29, 1.82) is 0 Å². The lowest BCUT2D eigenvalue weighted by Gasteiger charge is -2.15. The summed E-state index contributed by atoms with van der Waals surface area (Å²) in [4.78, 5) is 0. The molecule has 0 N–H and O–H groups in total. The Hall–Kier alpha value is -5.10. The summed E-state index contributed by atoms with van der Waals surface area (Å²) in [5.41, 5.74) is -0.963. The highest BCUT2D eigenvalue weighted by atomic mass is 19.1. The van der Waals surface area contributed by atoms with E-state index in [0.717, 1.165) is 0 Å². The van der Waals surface area contributed by atoms with E-state index in [-0.39, 0.29) is 55.6 Å². The Morgan fingerprint density at radius 2 is 0.405 bits per heavy atom. The molecule has 0 fully saturated rings. The predicted octanol–water partition coefficient (Wildman–Crippen LogP) is 10.9. The van der Waals surface area contributed by atoms with E-state index in [2.05, 4.69) is 0 Å². The van der Waals surface area contributed by atoms with E-state index in [1.165, 1.54) is 109 Å². The summed E-state index contributed by atoms with van der Waals surface area (Å²) in [6.45, 7) is 0. The highest BCUT2D eigenvalue weighted by Gasteiger charge is 2.22. The first-order valence-electron chi connectivity index (χ1n) is 13.0. The molecule has 0 saturated carbocycles. The van der Waals surface area contributed by atoms with Gasteiger partial charge in [-0.15, -0.1) is 0 Å². The molecule has 0 amide bonds. The van der Waals surface area contributed by atoms with Crippen molar-refractivity contribution in [2.24, 2.45) is 0 Å². The van der Waals surface area contributed by atoms with E-state index < -0.39 is 34.9 Å². The molecule has 206 valence electrons. The zero-order chi connectivity index (χ0) is 29.4. The number of halogens is 6. The second-order valence-corrected chi connectivity index (χ2v) is 9.63. The van der Waals surface area contributed by atoms with Gasteiger partial charge in [-0.05, 0) is 12.1 Å². The van der Waals surface area contributed by atoms with E-state index in [4.69, 9.17) is 0 Å². The average Bonchev–Trinajstić information content (AvgIpc) is 2.99. The normalized spacial score (nSPS) is 11.1. The van der Waals surface area contributed by atoms with Gasteiger partial charge in [-0.2, -0.15) is 0 Å². The van der Waals surface area contributed by atoms with E-state index in [0.29, 0.717) is 0 Å². The van der Waals surface area contributed by atoms with Crippen LogP contribution in [0.4, 0.5) is 26.3 Å². The molecule has 0 nitrogen and oxygen atoms in total. The lowest BCUT2D eigenvalue weighted by Crippen LogP contribution is -1.98. The van der Waals surface area contributed by atoms with Crippen molar-refractivity contribution in [1.82, 2.24) is 0 Å². The Labute approximate surface area is 238 Å². The van der Waals surface area contributed by atoms with Crippen LogP contribution in [0, 0.1) is 34.9 Å². The van der Waals surface area contributed by atoms with Gasteiger partial charge in [0, 0.05) is 55.6 Å². The van der Waals surface area contributed by atoms with Gasteiger partial charge >= 0.3 is 0 Å². The molecule has 42 heavy (non-hydrogen) atoms. The van der Waals surface area contributed by atoms with Crippen LogP contribution in [0.15, 0.2) is 121 Å². The fourth-order valence-corrected chi connectivity index (χ4v) is 5.15. The molecule has 0 aliphatic carbocycles. The molecule has 0 aliphatic rings. The quantitative estimate of drug-likeness (QED) is 0.182. The number of rotatable bonds is 5. The van der Waals surface area contributed by atoms with Crippen molar-refractivity contribution in [3.8, 4) is 55.6 Å². The molecule has 0 saturated heterocycles. The van der Waals surface area contributed by atoms with Crippen molar-refractivity contribution < 1.29 is 26.3 Å². The lowest BCUT2D eigenvalue weighted by atomic mass is 9.92. The Morgan fingerprint density at radius 1 is 0.214 bits per heavy atom. The van der Waals surface area contributed by atoms with Crippen LogP contribution in [-0.4, -0.2) is 0 Å². The summed E-state index contributed by atoms with van der Waals surface area (Å²) in [6.07, 6.45) is 0. The highest BCUT2D eigenvalue weighted by molar-refractivity contribution is 5.82.